The van der Waals surface area contributed by atoms with Crippen molar-refractivity contribution in [1.82, 2.24) is 10.2 Å². The highest BCUT2D eigenvalue weighted by atomic mass is 127. The van der Waals surface area contributed by atoms with Gasteiger partial charge in [0.2, 0.25) is 3.79 Å². The molecule has 4 nitrogen and oxygen atoms in total. The number of urea groups is 1. The van der Waals surface area contributed by atoms with Crippen LogP contribution >= 0.6 is 22.6 Å². The van der Waals surface area contributed by atoms with E-state index in [1.807, 2.05) is 27.7 Å². The molecule has 1 atom stereocenters. The molecule has 0 bridgehead atoms. The number of nitrogens with zero attached hydrogens (tertiary/aromatic N) is 1. The zero-order chi connectivity index (χ0) is 12.2. The predicted molar refractivity (Wildman–Crippen MR) is 69.1 cm³/mol. The van der Waals surface area contributed by atoms with Gasteiger partial charge in [-0.05, 0) is 12.3 Å². The zero-order valence-corrected chi connectivity index (χ0v) is 12.1. The molecule has 0 rings (SSSR count). The van der Waals surface area contributed by atoms with Crippen molar-refractivity contribution in [3.05, 3.63) is 0 Å². The number of halogens is 1. The highest BCUT2D eigenvalue weighted by Gasteiger charge is 2.31. The van der Waals surface area contributed by atoms with Gasteiger partial charge in [-0.15, -0.1) is 0 Å². The first kappa shape index (κ1) is 14.7. The van der Waals surface area contributed by atoms with Crippen LogP contribution in [-0.4, -0.2) is 34.4 Å². The van der Waals surface area contributed by atoms with Crippen LogP contribution in [0.1, 0.15) is 27.7 Å². The normalized spacial score (nSPS) is 13.2. The number of carbonyl (C=O) groups excluding carboxylic acids is 2. The van der Waals surface area contributed by atoms with Crippen molar-refractivity contribution >= 4 is 32.4 Å². The number of rotatable bonds is 3. The smallest absolute Gasteiger partial charge is 0.317 e. The van der Waals surface area contributed by atoms with Crippen LogP contribution in [-0.2, 0) is 4.79 Å². The Labute approximate surface area is 105 Å². The van der Waals surface area contributed by atoms with Gasteiger partial charge in [0.25, 0.3) is 0 Å². The summed E-state index contributed by atoms with van der Waals surface area (Å²) in [6, 6.07) is -0.651. The van der Waals surface area contributed by atoms with Gasteiger partial charge in [0, 0.05) is 36.2 Å². The van der Waals surface area contributed by atoms with Crippen LogP contribution in [0.25, 0.3) is 0 Å². The summed E-state index contributed by atoms with van der Waals surface area (Å²) in [6.07, 6.45) is 0. The highest BCUT2D eigenvalue weighted by Crippen LogP contribution is 2.22. The Hall–Kier alpha value is -0.330. The van der Waals surface area contributed by atoms with Crippen molar-refractivity contribution < 1.29 is 9.59 Å². The molecule has 1 unspecified atom stereocenters. The number of nitrogens with one attached hydrogen (secondary N) is 1. The maximum absolute atomic E-state index is 11.6. The van der Waals surface area contributed by atoms with Gasteiger partial charge in [0.05, 0.1) is 0 Å². The fourth-order valence-electron chi connectivity index (χ4n) is 0.991. The summed E-state index contributed by atoms with van der Waals surface area (Å²) in [7, 11) is 1.70. The molecule has 0 spiro atoms. The molecule has 0 heterocycles. The van der Waals surface area contributed by atoms with Crippen molar-refractivity contribution in [3.8, 4) is 0 Å². The minimum absolute atomic E-state index is 0.0436. The van der Waals surface area contributed by atoms with Gasteiger partial charge >= 0.3 is 6.03 Å². The monoisotopic (exact) mass is 326 g/mol. The van der Waals surface area contributed by atoms with E-state index in [0.717, 1.165) is 0 Å². The van der Waals surface area contributed by atoms with Crippen LogP contribution in [0.15, 0.2) is 0 Å². The van der Waals surface area contributed by atoms with Crippen molar-refractivity contribution in [3.63, 3.8) is 0 Å². The lowest BCUT2D eigenvalue weighted by atomic mass is 9.88. The maximum Gasteiger partial charge on any atom is 0.317 e. The van der Waals surface area contributed by atoms with Crippen LogP contribution in [0.3, 0.4) is 0 Å². The van der Waals surface area contributed by atoms with Crippen molar-refractivity contribution in [2.24, 2.45) is 5.41 Å². The second-order valence-corrected chi connectivity index (χ2v) is 5.63. The molecule has 2 amide bonds. The Morgan fingerprint density at radius 1 is 1.40 bits per heavy atom. The Morgan fingerprint density at radius 2 is 1.87 bits per heavy atom. The number of carbonyl (C=O) groups is 2. The number of hydrogen-bond acceptors (Lipinski definition) is 2. The van der Waals surface area contributed by atoms with Crippen LogP contribution in [0.4, 0.5) is 4.79 Å². The molecule has 0 radical (unpaired) electrons. The van der Waals surface area contributed by atoms with Gasteiger partial charge in [-0.3, -0.25) is 4.79 Å². The number of hydrogen-bond donors (Lipinski definition) is 1. The molecule has 0 saturated carbocycles. The largest absolute Gasteiger partial charge is 0.328 e. The van der Waals surface area contributed by atoms with E-state index in [-0.39, 0.29) is 15.2 Å². The maximum atomic E-state index is 11.6. The molecule has 0 fully saturated rings. The molecular weight excluding hydrogens is 307 g/mol. The minimum Gasteiger partial charge on any atom is -0.328 e. The van der Waals surface area contributed by atoms with E-state index in [2.05, 4.69) is 5.32 Å². The molecular formula is C10H19IN2O2. The van der Waals surface area contributed by atoms with Gasteiger partial charge < -0.3 is 10.2 Å². The van der Waals surface area contributed by atoms with E-state index in [1.54, 1.807) is 34.5 Å². The third kappa shape index (κ3) is 4.81. The molecule has 5 heteroatoms. The second-order valence-electron chi connectivity index (χ2n) is 4.57. The molecule has 0 aromatic rings. The average Bonchev–Trinajstić information content (AvgIpc) is 2.09. The fourth-order valence-corrected chi connectivity index (χ4v) is 2.08. The first-order valence-electron chi connectivity index (χ1n) is 4.91. The predicted octanol–water partition coefficient (Wildman–Crippen LogP) is 2.02. The first-order valence-corrected chi connectivity index (χ1v) is 5.99. The zero-order valence-electron chi connectivity index (χ0n) is 9.93. The Balaban J connectivity index is 4.58. The molecule has 0 aliphatic carbocycles. The van der Waals surface area contributed by atoms with Gasteiger partial charge in [-0.25, -0.2) is 4.79 Å². The van der Waals surface area contributed by atoms with Gasteiger partial charge in [0.1, 0.15) is 6.04 Å². The summed E-state index contributed by atoms with van der Waals surface area (Å²) >= 11 is 1.73. The van der Waals surface area contributed by atoms with E-state index in [0.29, 0.717) is 6.54 Å². The average molecular weight is 326 g/mol. The molecule has 0 aliphatic heterocycles. The van der Waals surface area contributed by atoms with Crippen molar-refractivity contribution in [2.75, 3.05) is 13.6 Å². The molecule has 0 saturated heterocycles. The van der Waals surface area contributed by atoms with Crippen molar-refractivity contribution in [2.45, 2.75) is 33.7 Å². The third-order valence-corrected chi connectivity index (χ3v) is 2.80. The van der Waals surface area contributed by atoms with Gasteiger partial charge in [-0.2, -0.15) is 0 Å². The summed E-state index contributed by atoms with van der Waals surface area (Å²) in [5, 5.41) is 2.74. The number of amides is 2. The lowest BCUT2D eigenvalue weighted by molar-refractivity contribution is -0.113. The van der Waals surface area contributed by atoms with Crippen LogP contribution < -0.4 is 5.32 Å². The van der Waals surface area contributed by atoms with Crippen LogP contribution in [0, 0.1) is 5.41 Å². The van der Waals surface area contributed by atoms with E-state index in [9.17, 15) is 9.59 Å². The highest BCUT2D eigenvalue weighted by molar-refractivity contribution is 14.1. The van der Waals surface area contributed by atoms with E-state index < -0.39 is 6.04 Å². The molecule has 0 aromatic carbocycles. The van der Waals surface area contributed by atoms with E-state index in [1.165, 1.54) is 0 Å². The van der Waals surface area contributed by atoms with Gasteiger partial charge in [-0.1, -0.05) is 20.8 Å². The quantitative estimate of drug-likeness (QED) is 0.637. The lowest BCUT2D eigenvalue weighted by Gasteiger charge is -2.30. The molecule has 0 aromatic heterocycles. The standard InChI is InChI=1S/C10H19IN2O2/c1-6-13(5)9(15)12-7(8(11)14)10(2,3)4/h7H,6H2,1-5H3,(H,12,15). The second kappa shape index (κ2) is 5.67. The molecule has 15 heavy (non-hydrogen) atoms. The molecule has 88 valence electrons. The van der Waals surface area contributed by atoms with Crippen molar-refractivity contribution in [1.29, 1.82) is 0 Å². The summed E-state index contributed by atoms with van der Waals surface area (Å²) in [5.74, 6) is 0. The summed E-state index contributed by atoms with van der Waals surface area (Å²) in [6.45, 7) is 8.30. The first-order chi connectivity index (χ1) is 6.70. The van der Waals surface area contributed by atoms with Crippen LogP contribution in [0.5, 0.6) is 0 Å². The summed E-state index contributed by atoms with van der Waals surface area (Å²) in [5.41, 5.74) is -0.261. The minimum atomic E-state index is -0.445. The van der Waals surface area contributed by atoms with E-state index in [4.69, 9.17) is 0 Å². The van der Waals surface area contributed by atoms with Crippen LogP contribution in [0.2, 0.25) is 0 Å². The van der Waals surface area contributed by atoms with E-state index >= 15 is 0 Å². The third-order valence-electron chi connectivity index (χ3n) is 2.18. The molecule has 0 aliphatic rings. The SMILES string of the molecule is CCN(C)C(=O)NC(C(=O)I)C(C)(C)C. The lowest BCUT2D eigenvalue weighted by Crippen LogP contribution is -2.51. The fraction of sp³-hybridized carbons (Fsp3) is 0.800. The molecule has 1 N–H and O–H groups in total. The summed E-state index contributed by atoms with van der Waals surface area (Å²) < 4.78 is -0.0436. The Kier molecular flexibility index (Phi) is 5.55. The summed E-state index contributed by atoms with van der Waals surface area (Å²) in [4.78, 5) is 24.5. The van der Waals surface area contributed by atoms with Gasteiger partial charge in [0.15, 0.2) is 0 Å². The topological polar surface area (TPSA) is 49.4 Å². The Morgan fingerprint density at radius 3 is 2.13 bits per heavy atom. The Bertz CT molecular complexity index is 248.